The Labute approximate surface area is 105 Å². The number of hydrazine groups is 1. The van der Waals surface area contributed by atoms with Gasteiger partial charge in [-0.05, 0) is 45.4 Å². The minimum atomic E-state index is -0.481. The summed E-state index contributed by atoms with van der Waals surface area (Å²) in [7, 11) is 0. The normalized spacial score (nSPS) is 36.1. The first-order valence-electron chi connectivity index (χ1n) is 5.56. The molecule has 3 aliphatic carbocycles. The van der Waals surface area contributed by atoms with Gasteiger partial charge in [0.15, 0.2) is 0 Å². The molecule has 16 heavy (non-hydrogen) atoms. The predicted molar refractivity (Wildman–Crippen MR) is 65.1 cm³/mol. The van der Waals surface area contributed by atoms with Crippen molar-refractivity contribution in [2.45, 2.75) is 51.2 Å². The molecule has 1 amide bonds. The number of rotatable bonds is 2. The molecule has 0 radical (unpaired) electrons. The number of amides is 1. The molecule has 0 aromatic carbocycles. The standard InChI is InChI=1S/C11H19BrN2O2/c1-9(2,3)16-8(15)14(13)11-4-10(5-11,6-11)7-12/h4-7,13H2,1-3H3. The third-order valence-corrected chi connectivity index (χ3v) is 4.69. The molecule has 3 saturated carbocycles. The molecule has 92 valence electrons. The second-order valence-corrected chi connectivity index (χ2v) is 6.80. The van der Waals surface area contributed by atoms with Gasteiger partial charge in [0.05, 0.1) is 5.54 Å². The molecule has 0 atom stereocenters. The Morgan fingerprint density at radius 1 is 1.44 bits per heavy atom. The third kappa shape index (κ3) is 1.74. The maximum Gasteiger partial charge on any atom is 0.425 e. The van der Waals surface area contributed by atoms with Crippen LogP contribution in [0, 0.1) is 5.41 Å². The summed E-state index contributed by atoms with van der Waals surface area (Å²) >= 11 is 3.50. The number of carbonyl (C=O) groups excluding carboxylic acids is 1. The average Bonchev–Trinajstić information content (AvgIpc) is 1.96. The van der Waals surface area contributed by atoms with Gasteiger partial charge in [0.1, 0.15) is 5.60 Å². The summed E-state index contributed by atoms with van der Waals surface area (Å²) in [6.45, 7) is 5.54. The molecule has 2 N–H and O–H groups in total. The molecule has 0 unspecified atom stereocenters. The maximum atomic E-state index is 11.8. The van der Waals surface area contributed by atoms with Crippen molar-refractivity contribution in [3.8, 4) is 0 Å². The Morgan fingerprint density at radius 3 is 2.31 bits per heavy atom. The van der Waals surface area contributed by atoms with Crippen LogP contribution >= 0.6 is 15.9 Å². The predicted octanol–water partition coefficient (Wildman–Crippen LogP) is 2.41. The van der Waals surface area contributed by atoms with E-state index in [1.807, 2.05) is 20.8 Å². The lowest BCUT2D eigenvalue weighted by Crippen LogP contribution is -2.77. The fraction of sp³-hybridized carbons (Fsp3) is 0.909. The van der Waals surface area contributed by atoms with Gasteiger partial charge in [-0.25, -0.2) is 15.6 Å². The summed E-state index contributed by atoms with van der Waals surface area (Å²) in [4.78, 5) is 11.8. The molecule has 2 bridgehead atoms. The van der Waals surface area contributed by atoms with Crippen LogP contribution < -0.4 is 5.84 Å². The molecule has 0 aromatic rings. The van der Waals surface area contributed by atoms with E-state index in [1.165, 1.54) is 5.01 Å². The van der Waals surface area contributed by atoms with Gasteiger partial charge in [0.25, 0.3) is 0 Å². The van der Waals surface area contributed by atoms with E-state index in [0.717, 1.165) is 24.6 Å². The van der Waals surface area contributed by atoms with Crippen molar-refractivity contribution in [1.29, 1.82) is 0 Å². The minimum Gasteiger partial charge on any atom is -0.443 e. The van der Waals surface area contributed by atoms with E-state index in [9.17, 15) is 4.79 Å². The van der Waals surface area contributed by atoms with Gasteiger partial charge >= 0.3 is 6.09 Å². The largest absolute Gasteiger partial charge is 0.443 e. The molecular weight excluding hydrogens is 272 g/mol. The second kappa shape index (κ2) is 3.35. The van der Waals surface area contributed by atoms with Crippen LogP contribution in [0.15, 0.2) is 0 Å². The molecule has 0 spiro atoms. The lowest BCUT2D eigenvalue weighted by molar-refractivity contribution is -0.198. The fourth-order valence-corrected chi connectivity index (χ4v) is 3.44. The first-order chi connectivity index (χ1) is 7.22. The Bertz CT molecular complexity index is 305. The first kappa shape index (κ1) is 12.2. The highest BCUT2D eigenvalue weighted by atomic mass is 79.9. The Hall–Kier alpha value is -0.290. The van der Waals surface area contributed by atoms with Gasteiger partial charge in [0, 0.05) is 5.33 Å². The van der Waals surface area contributed by atoms with E-state index in [-0.39, 0.29) is 5.54 Å². The SMILES string of the molecule is CC(C)(C)OC(=O)N(N)C12CC(CBr)(C1)C2. The minimum absolute atomic E-state index is 0.115. The Morgan fingerprint density at radius 2 is 1.94 bits per heavy atom. The number of hydrogen-bond acceptors (Lipinski definition) is 3. The van der Waals surface area contributed by atoms with E-state index in [4.69, 9.17) is 10.6 Å². The van der Waals surface area contributed by atoms with Crippen molar-refractivity contribution in [3.05, 3.63) is 0 Å². The van der Waals surface area contributed by atoms with E-state index >= 15 is 0 Å². The molecule has 0 saturated heterocycles. The van der Waals surface area contributed by atoms with E-state index in [0.29, 0.717) is 5.41 Å². The van der Waals surface area contributed by atoms with Crippen LogP contribution in [-0.4, -0.2) is 27.6 Å². The summed E-state index contributed by atoms with van der Waals surface area (Å²) < 4.78 is 5.26. The number of hydrogen-bond donors (Lipinski definition) is 1. The zero-order valence-corrected chi connectivity index (χ0v) is 11.6. The van der Waals surface area contributed by atoms with Crippen molar-refractivity contribution < 1.29 is 9.53 Å². The molecule has 0 aromatic heterocycles. The van der Waals surface area contributed by atoms with Crippen molar-refractivity contribution in [2.24, 2.45) is 11.3 Å². The smallest absolute Gasteiger partial charge is 0.425 e. The van der Waals surface area contributed by atoms with Gasteiger partial charge in [-0.3, -0.25) is 0 Å². The molecular formula is C11H19BrN2O2. The number of nitrogens with zero attached hydrogens (tertiary/aromatic N) is 1. The lowest BCUT2D eigenvalue weighted by Gasteiger charge is -2.72. The number of ether oxygens (including phenoxy) is 1. The zero-order valence-electron chi connectivity index (χ0n) is 10.0. The third-order valence-electron chi connectivity index (χ3n) is 3.50. The topological polar surface area (TPSA) is 55.6 Å². The number of nitrogens with two attached hydrogens (primary N) is 1. The number of carbonyl (C=O) groups is 1. The second-order valence-electron chi connectivity index (χ2n) is 6.24. The van der Waals surface area contributed by atoms with Gasteiger partial charge < -0.3 is 4.74 Å². The molecule has 3 fully saturated rings. The van der Waals surface area contributed by atoms with Crippen LogP contribution in [0.2, 0.25) is 0 Å². The Kier molecular flexibility index (Phi) is 2.55. The average molecular weight is 291 g/mol. The Balaban J connectivity index is 1.91. The summed E-state index contributed by atoms with van der Waals surface area (Å²) in [5.41, 5.74) is -0.193. The van der Waals surface area contributed by atoms with Crippen molar-refractivity contribution in [3.63, 3.8) is 0 Å². The van der Waals surface area contributed by atoms with Crippen LogP contribution in [0.25, 0.3) is 0 Å². The monoisotopic (exact) mass is 290 g/mol. The van der Waals surface area contributed by atoms with Gasteiger partial charge in [0.2, 0.25) is 0 Å². The van der Waals surface area contributed by atoms with Crippen molar-refractivity contribution in [2.75, 3.05) is 5.33 Å². The van der Waals surface area contributed by atoms with Crippen LogP contribution in [0.4, 0.5) is 4.79 Å². The van der Waals surface area contributed by atoms with Crippen LogP contribution in [0.3, 0.4) is 0 Å². The van der Waals surface area contributed by atoms with Crippen LogP contribution in [-0.2, 0) is 4.74 Å². The quantitative estimate of drug-likeness (QED) is 0.368. The van der Waals surface area contributed by atoms with Crippen LogP contribution in [0.1, 0.15) is 40.0 Å². The highest BCUT2D eigenvalue weighted by Gasteiger charge is 2.70. The molecule has 4 nitrogen and oxygen atoms in total. The number of halogens is 1. The van der Waals surface area contributed by atoms with Gasteiger partial charge in [-0.2, -0.15) is 0 Å². The van der Waals surface area contributed by atoms with Gasteiger partial charge in [-0.1, -0.05) is 15.9 Å². The number of alkyl halides is 1. The van der Waals surface area contributed by atoms with Crippen LogP contribution in [0.5, 0.6) is 0 Å². The molecule has 5 heteroatoms. The lowest BCUT2D eigenvalue weighted by atomic mass is 9.40. The highest BCUT2D eigenvalue weighted by Crippen LogP contribution is 2.69. The van der Waals surface area contributed by atoms with E-state index in [2.05, 4.69) is 15.9 Å². The van der Waals surface area contributed by atoms with Crippen molar-refractivity contribution in [1.82, 2.24) is 5.01 Å². The van der Waals surface area contributed by atoms with Crippen molar-refractivity contribution >= 4 is 22.0 Å². The molecule has 3 aliphatic rings. The fourth-order valence-electron chi connectivity index (χ4n) is 2.84. The summed E-state index contributed by atoms with van der Waals surface area (Å²) in [6.07, 6.45) is 2.60. The summed E-state index contributed by atoms with van der Waals surface area (Å²) in [5.74, 6) is 5.86. The first-order valence-corrected chi connectivity index (χ1v) is 6.68. The van der Waals surface area contributed by atoms with Gasteiger partial charge in [-0.15, -0.1) is 0 Å². The summed E-state index contributed by atoms with van der Waals surface area (Å²) in [5, 5.41) is 2.31. The molecule has 0 aliphatic heterocycles. The van der Waals surface area contributed by atoms with E-state index in [1.54, 1.807) is 0 Å². The highest BCUT2D eigenvalue weighted by molar-refractivity contribution is 9.09. The maximum absolute atomic E-state index is 11.8. The zero-order chi connectivity index (χ0) is 12.2. The van der Waals surface area contributed by atoms with E-state index < -0.39 is 11.7 Å². The molecule has 0 heterocycles. The summed E-state index contributed by atoms with van der Waals surface area (Å²) in [6, 6.07) is 0. The molecule has 3 rings (SSSR count).